The second-order valence-corrected chi connectivity index (χ2v) is 10.2. The smallest absolute Gasteiger partial charge is 0.167 e. The van der Waals surface area contributed by atoms with Crippen molar-refractivity contribution in [2.45, 2.75) is 26.4 Å². The highest BCUT2D eigenvalue weighted by Gasteiger charge is 2.16. The molecular weight excluding hydrogens is 279 g/mol. The molecule has 2 aromatic rings. The van der Waals surface area contributed by atoms with Gasteiger partial charge in [0.2, 0.25) is 0 Å². The van der Waals surface area contributed by atoms with Crippen LogP contribution in [0.3, 0.4) is 0 Å². The summed E-state index contributed by atoms with van der Waals surface area (Å²) >= 11 is 0. The van der Waals surface area contributed by atoms with Gasteiger partial charge in [0.05, 0.1) is 0 Å². The molecule has 20 heavy (non-hydrogen) atoms. The lowest BCUT2D eigenvalue weighted by atomic mass is 10.2. The van der Waals surface area contributed by atoms with Crippen molar-refractivity contribution in [3.63, 3.8) is 0 Å². The van der Waals surface area contributed by atoms with Gasteiger partial charge in [-0.2, -0.15) is 0 Å². The quantitative estimate of drug-likeness (QED) is 0.609. The lowest BCUT2D eigenvalue weighted by Gasteiger charge is -2.23. The van der Waals surface area contributed by atoms with Crippen LogP contribution in [-0.2, 0) is 4.43 Å². The molecule has 2 rings (SSSR count). The van der Waals surface area contributed by atoms with Gasteiger partial charge in [0, 0.05) is 5.60 Å². The maximum Gasteiger partial charge on any atom is 0.167 e. The lowest BCUT2D eigenvalue weighted by molar-refractivity contribution is 0.139. The van der Waals surface area contributed by atoms with Crippen LogP contribution in [0.4, 0.5) is 0 Å². The molecule has 0 unspecified atom stereocenters. The second kappa shape index (κ2) is 7.17. The zero-order valence-corrected chi connectivity index (χ0v) is 14.9. The molecule has 0 aromatic heterocycles. The molecule has 0 spiro atoms. The Morgan fingerprint density at radius 2 is 1.30 bits per heavy atom. The molecular formula is C17H23OPSi. The van der Waals surface area contributed by atoms with Crippen LogP contribution >= 0.6 is 7.92 Å². The molecule has 0 atom stereocenters. The third-order valence-electron chi connectivity index (χ3n) is 2.99. The molecule has 0 aliphatic carbocycles. The van der Waals surface area contributed by atoms with E-state index in [-0.39, 0.29) is 13.5 Å². The van der Waals surface area contributed by atoms with E-state index in [0.717, 1.165) is 0 Å². The third-order valence-corrected chi connectivity index (χ3v) is 8.42. The van der Waals surface area contributed by atoms with Crippen molar-refractivity contribution in [2.24, 2.45) is 0 Å². The van der Waals surface area contributed by atoms with Gasteiger partial charge in [0.1, 0.15) is 0 Å². The average molecular weight is 302 g/mol. The fourth-order valence-corrected chi connectivity index (χ4v) is 7.20. The Labute approximate surface area is 126 Å². The van der Waals surface area contributed by atoms with Crippen LogP contribution < -0.4 is 10.6 Å². The summed E-state index contributed by atoms with van der Waals surface area (Å²) < 4.78 is 6.06. The van der Waals surface area contributed by atoms with Crippen molar-refractivity contribution < 1.29 is 4.43 Å². The Hall–Kier alpha value is -0.953. The Morgan fingerprint density at radius 3 is 1.70 bits per heavy atom. The van der Waals surface area contributed by atoms with E-state index in [0.29, 0.717) is 0 Å². The molecule has 0 heterocycles. The molecule has 0 saturated heterocycles. The standard InChI is InChI=1S/C17H23OPSi/c1-17(2,3)18-20-14-19(15-10-6-4-7-11-15)16-12-8-5-9-13-16/h4-13H,14,20H2,1-3H3. The minimum atomic E-state index is -0.499. The van der Waals surface area contributed by atoms with E-state index >= 15 is 0 Å². The lowest BCUT2D eigenvalue weighted by Crippen LogP contribution is -2.25. The summed E-state index contributed by atoms with van der Waals surface area (Å²) in [5.74, 6) is 1.21. The number of rotatable bonds is 5. The van der Waals surface area contributed by atoms with Crippen molar-refractivity contribution in [1.29, 1.82) is 0 Å². The normalized spacial score (nSPS) is 12.4. The topological polar surface area (TPSA) is 9.23 Å². The minimum Gasteiger partial charge on any atom is -0.419 e. The first-order valence-electron chi connectivity index (χ1n) is 7.08. The molecule has 106 valence electrons. The van der Waals surface area contributed by atoms with E-state index in [1.807, 2.05) is 0 Å². The largest absolute Gasteiger partial charge is 0.419 e. The highest BCUT2D eigenvalue weighted by molar-refractivity contribution is 7.74. The Balaban J connectivity index is 2.13. The molecule has 0 aliphatic rings. The maximum absolute atomic E-state index is 6.06. The Kier molecular flexibility index (Phi) is 5.53. The third kappa shape index (κ3) is 4.86. The van der Waals surface area contributed by atoms with Crippen molar-refractivity contribution in [1.82, 2.24) is 0 Å². The molecule has 0 bridgehead atoms. The van der Waals surface area contributed by atoms with E-state index in [2.05, 4.69) is 81.4 Å². The van der Waals surface area contributed by atoms with Gasteiger partial charge in [-0.1, -0.05) is 60.7 Å². The van der Waals surface area contributed by atoms with Gasteiger partial charge in [-0.05, 0) is 45.1 Å². The predicted octanol–water partition coefficient (Wildman–Crippen LogP) is 2.98. The number of hydrogen-bond donors (Lipinski definition) is 0. The summed E-state index contributed by atoms with van der Waals surface area (Å²) in [6.07, 6.45) is 0. The zero-order chi connectivity index (χ0) is 14.4. The molecule has 0 amide bonds. The monoisotopic (exact) mass is 302 g/mol. The van der Waals surface area contributed by atoms with Crippen molar-refractivity contribution in [3.05, 3.63) is 60.7 Å². The maximum atomic E-state index is 6.06. The van der Waals surface area contributed by atoms with Gasteiger partial charge in [-0.15, -0.1) is 0 Å². The Morgan fingerprint density at radius 1 is 0.850 bits per heavy atom. The van der Waals surface area contributed by atoms with Crippen molar-refractivity contribution >= 4 is 28.3 Å². The summed E-state index contributed by atoms with van der Waals surface area (Å²) in [4.78, 5) is 0. The first-order chi connectivity index (χ1) is 9.56. The predicted molar refractivity (Wildman–Crippen MR) is 93.3 cm³/mol. The summed E-state index contributed by atoms with van der Waals surface area (Å²) in [6, 6.07) is 21.7. The summed E-state index contributed by atoms with van der Waals surface area (Å²) in [5.41, 5.74) is 0.000596. The van der Waals surface area contributed by atoms with Crippen LogP contribution in [0.15, 0.2) is 60.7 Å². The Bertz CT molecular complexity index is 468. The van der Waals surface area contributed by atoms with E-state index in [1.54, 1.807) is 0 Å². The molecule has 0 N–H and O–H groups in total. The van der Waals surface area contributed by atoms with Crippen LogP contribution in [-0.4, -0.2) is 21.1 Å². The first kappa shape index (κ1) is 15.4. The second-order valence-electron chi connectivity index (χ2n) is 5.78. The van der Waals surface area contributed by atoms with Crippen molar-refractivity contribution in [2.75, 3.05) is 5.79 Å². The van der Waals surface area contributed by atoms with Crippen LogP contribution in [0.5, 0.6) is 0 Å². The summed E-state index contributed by atoms with van der Waals surface area (Å²) in [7, 11) is -0.766. The first-order valence-corrected chi connectivity index (χ1v) is 10.2. The van der Waals surface area contributed by atoms with Gasteiger partial charge in [0.25, 0.3) is 0 Å². The number of benzene rings is 2. The van der Waals surface area contributed by atoms with E-state index in [1.165, 1.54) is 16.4 Å². The zero-order valence-electron chi connectivity index (χ0n) is 12.5. The molecule has 3 heteroatoms. The molecule has 0 aliphatic heterocycles. The van der Waals surface area contributed by atoms with E-state index in [9.17, 15) is 0 Å². The molecule has 2 aromatic carbocycles. The summed E-state index contributed by atoms with van der Waals surface area (Å²) in [6.45, 7) is 6.44. The van der Waals surface area contributed by atoms with E-state index < -0.39 is 9.76 Å². The van der Waals surface area contributed by atoms with Crippen LogP contribution in [0, 0.1) is 0 Å². The van der Waals surface area contributed by atoms with Crippen molar-refractivity contribution in [3.8, 4) is 0 Å². The SMILES string of the molecule is CC(C)(C)O[SiH2]CP(c1ccccc1)c1ccccc1. The molecule has 0 fully saturated rings. The molecule has 1 nitrogen and oxygen atoms in total. The van der Waals surface area contributed by atoms with Gasteiger partial charge in [-0.3, -0.25) is 0 Å². The van der Waals surface area contributed by atoms with Gasteiger partial charge >= 0.3 is 0 Å². The van der Waals surface area contributed by atoms with Crippen LogP contribution in [0.2, 0.25) is 0 Å². The van der Waals surface area contributed by atoms with Crippen LogP contribution in [0.25, 0.3) is 0 Å². The highest BCUT2D eigenvalue weighted by atomic mass is 31.1. The average Bonchev–Trinajstić information content (AvgIpc) is 2.44. The van der Waals surface area contributed by atoms with Crippen LogP contribution in [0.1, 0.15) is 20.8 Å². The molecule has 0 radical (unpaired) electrons. The minimum absolute atomic E-state index is 0.000596. The van der Waals surface area contributed by atoms with Gasteiger partial charge in [0.15, 0.2) is 9.76 Å². The number of hydrogen-bond acceptors (Lipinski definition) is 1. The summed E-state index contributed by atoms with van der Waals surface area (Å²) in [5, 5.41) is 2.91. The van der Waals surface area contributed by atoms with Gasteiger partial charge < -0.3 is 4.43 Å². The fourth-order valence-electron chi connectivity index (χ4n) is 2.07. The highest BCUT2D eigenvalue weighted by Crippen LogP contribution is 2.32. The van der Waals surface area contributed by atoms with Gasteiger partial charge in [-0.25, -0.2) is 0 Å². The molecule has 0 saturated carbocycles. The van der Waals surface area contributed by atoms with E-state index in [4.69, 9.17) is 4.43 Å². The fraction of sp³-hybridized carbons (Fsp3) is 0.294.